The number of hydrogen-bond acceptors (Lipinski definition) is 8. The molecule has 3 aromatic rings. The maximum Gasteiger partial charge on any atom is 0.295 e. The van der Waals surface area contributed by atoms with Gasteiger partial charge in [0.05, 0.1) is 23.2 Å². The lowest BCUT2D eigenvalue weighted by Crippen LogP contribution is -2.29. The average molecular weight is 553 g/mol. The maximum atomic E-state index is 13.3. The van der Waals surface area contributed by atoms with Crippen LogP contribution in [0.1, 0.15) is 22.7 Å². The molecule has 0 spiro atoms. The van der Waals surface area contributed by atoms with E-state index in [-0.39, 0.29) is 29.4 Å². The highest BCUT2D eigenvalue weighted by Crippen LogP contribution is 2.45. The Morgan fingerprint density at radius 2 is 1.83 bits per heavy atom. The first-order valence-electron chi connectivity index (χ1n) is 11.0. The summed E-state index contributed by atoms with van der Waals surface area (Å²) >= 11 is 3.31. The lowest BCUT2D eigenvalue weighted by atomic mass is 9.94. The second-order valence-corrected chi connectivity index (χ2v) is 9.05. The molecular weight excluding hydrogens is 532 g/mol. The summed E-state index contributed by atoms with van der Waals surface area (Å²) in [6, 6.07) is 10.5. The molecule has 2 N–H and O–H groups in total. The quantitative estimate of drug-likeness (QED) is 0.277. The molecule has 10 heteroatoms. The minimum absolute atomic E-state index is 0.0922. The monoisotopic (exact) mass is 552 g/mol. The van der Waals surface area contributed by atoms with Crippen molar-refractivity contribution in [2.45, 2.75) is 12.6 Å². The minimum atomic E-state index is -0.961. The van der Waals surface area contributed by atoms with Crippen LogP contribution >= 0.6 is 15.9 Å². The second-order valence-electron chi connectivity index (χ2n) is 8.19. The molecule has 0 radical (unpaired) electrons. The molecule has 2 aliphatic rings. The highest BCUT2D eigenvalue weighted by Gasteiger charge is 2.46. The number of ketones is 1. The molecule has 36 heavy (non-hydrogen) atoms. The summed E-state index contributed by atoms with van der Waals surface area (Å²) < 4.78 is 16.8. The number of carbonyl (C=O) groups is 2. The molecule has 1 amide bonds. The summed E-state index contributed by atoms with van der Waals surface area (Å²) in [7, 11) is 1.40. The Labute approximate surface area is 214 Å². The van der Waals surface area contributed by atoms with E-state index in [4.69, 9.17) is 14.2 Å². The first-order chi connectivity index (χ1) is 17.4. The summed E-state index contributed by atoms with van der Waals surface area (Å²) in [5, 5.41) is 21.7. The Morgan fingerprint density at radius 1 is 1.11 bits per heavy atom. The van der Waals surface area contributed by atoms with Crippen LogP contribution in [0.15, 0.2) is 64.9 Å². The van der Waals surface area contributed by atoms with Gasteiger partial charge < -0.3 is 29.3 Å². The number of phenols is 1. The Bertz CT molecular complexity index is 1390. The molecule has 2 aromatic carbocycles. The first kappa shape index (κ1) is 23.7. The summed E-state index contributed by atoms with van der Waals surface area (Å²) in [6.45, 7) is 0.862. The summed E-state index contributed by atoms with van der Waals surface area (Å²) in [5.41, 5.74) is 1.42. The number of pyridine rings is 1. The van der Waals surface area contributed by atoms with Gasteiger partial charge in [0.2, 0.25) is 0 Å². The number of carbonyl (C=O) groups excluding carboxylic acids is 2. The molecule has 184 valence electrons. The van der Waals surface area contributed by atoms with E-state index in [1.54, 1.807) is 48.8 Å². The van der Waals surface area contributed by atoms with Crippen LogP contribution in [0.5, 0.6) is 23.0 Å². The van der Waals surface area contributed by atoms with Crippen LogP contribution in [0, 0.1) is 0 Å². The molecule has 1 saturated heterocycles. The van der Waals surface area contributed by atoms with Crippen molar-refractivity contribution in [2.75, 3.05) is 20.3 Å². The van der Waals surface area contributed by atoms with Crippen LogP contribution in [0.3, 0.4) is 0 Å². The fraction of sp³-hybridized carbons (Fsp3) is 0.192. The molecule has 5 rings (SSSR count). The molecule has 2 aliphatic heterocycles. The Kier molecular flexibility index (Phi) is 6.27. The fourth-order valence-corrected chi connectivity index (χ4v) is 4.79. The van der Waals surface area contributed by atoms with Gasteiger partial charge in [-0.15, -0.1) is 0 Å². The number of aromatic nitrogens is 1. The smallest absolute Gasteiger partial charge is 0.295 e. The molecule has 3 heterocycles. The van der Waals surface area contributed by atoms with Gasteiger partial charge >= 0.3 is 0 Å². The van der Waals surface area contributed by atoms with Crippen molar-refractivity contribution < 1.29 is 34.0 Å². The standard InChI is InChI=1S/C26H21BrN2O7/c1-34-20-12-16(10-17(27)24(20)31)22-21(23(30)15-2-3-18-19(11-15)36-9-8-35-18)25(32)26(33)29(22)13-14-4-6-28-7-5-14/h2-7,10-12,22,30-31H,8-9,13H2,1H3/t22-/m0/s1. The third-order valence-electron chi connectivity index (χ3n) is 6.04. The number of aliphatic hydroxyl groups is 1. The number of amides is 1. The highest BCUT2D eigenvalue weighted by atomic mass is 79.9. The first-order valence-corrected chi connectivity index (χ1v) is 11.8. The topological polar surface area (TPSA) is 118 Å². The van der Waals surface area contributed by atoms with Crippen LogP contribution in [-0.2, 0) is 16.1 Å². The van der Waals surface area contributed by atoms with Crippen LogP contribution in [-0.4, -0.2) is 52.1 Å². The fourth-order valence-electron chi connectivity index (χ4n) is 4.33. The predicted molar refractivity (Wildman–Crippen MR) is 132 cm³/mol. The zero-order chi connectivity index (χ0) is 25.4. The number of aliphatic hydroxyl groups excluding tert-OH is 1. The number of aromatic hydroxyl groups is 1. The van der Waals surface area contributed by atoms with Crippen molar-refractivity contribution in [2.24, 2.45) is 0 Å². The van der Waals surface area contributed by atoms with Crippen molar-refractivity contribution in [1.82, 2.24) is 9.88 Å². The van der Waals surface area contributed by atoms with Crippen LogP contribution in [0.2, 0.25) is 0 Å². The molecule has 1 aromatic heterocycles. The maximum absolute atomic E-state index is 13.3. The van der Waals surface area contributed by atoms with E-state index < -0.39 is 17.7 Å². The molecule has 0 saturated carbocycles. The van der Waals surface area contributed by atoms with Gasteiger partial charge in [-0.2, -0.15) is 0 Å². The van der Waals surface area contributed by atoms with Crippen molar-refractivity contribution in [3.8, 4) is 23.0 Å². The van der Waals surface area contributed by atoms with Crippen molar-refractivity contribution in [3.63, 3.8) is 0 Å². The van der Waals surface area contributed by atoms with Crippen molar-refractivity contribution in [3.05, 3.63) is 81.6 Å². The number of nitrogens with zero attached hydrogens (tertiary/aromatic N) is 2. The summed E-state index contributed by atoms with van der Waals surface area (Å²) in [4.78, 5) is 32.0. The molecule has 0 unspecified atom stereocenters. The zero-order valence-electron chi connectivity index (χ0n) is 19.1. The van der Waals surface area contributed by atoms with Crippen molar-refractivity contribution in [1.29, 1.82) is 0 Å². The lowest BCUT2D eigenvalue weighted by Gasteiger charge is -2.26. The number of rotatable bonds is 5. The number of hydrogen-bond donors (Lipinski definition) is 2. The summed E-state index contributed by atoms with van der Waals surface area (Å²) in [5.74, 6) is -0.964. The summed E-state index contributed by atoms with van der Waals surface area (Å²) in [6.07, 6.45) is 3.19. The van der Waals surface area contributed by atoms with E-state index in [9.17, 15) is 19.8 Å². The molecule has 1 atom stereocenters. The number of fused-ring (bicyclic) bond motifs is 1. The lowest BCUT2D eigenvalue weighted by molar-refractivity contribution is -0.140. The average Bonchev–Trinajstić information content (AvgIpc) is 3.15. The van der Waals surface area contributed by atoms with E-state index in [1.807, 2.05) is 0 Å². The molecule has 9 nitrogen and oxygen atoms in total. The van der Waals surface area contributed by atoms with Gasteiger partial charge in [-0.1, -0.05) is 0 Å². The van der Waals surface area contributed by atoms with E-state index in [0.717, 1.165) is 5.56 Å². The number of ether oxygens (including phenoxy) is 3. The second kappa shape index (κ2) is 9.54. The third-order valence-corrected chi connectivity index (χ3v) is 6.65. The molecular formula is C26H21BrN2O7. The van der Waals surface area contributed by atoms with Gasteiger partial charge in [0.25, 0.3) is 11.7 Å². The largest absolute Gasteiger partial charge is 0.507 e. The number of benzene rings is 2. The predicted octanol–water partition coefficient (Wildman–Crippen LogP) is 3.95. The minimum Gasteiger partial charge on any atom is -0.507 e. The Morgan fingerprint density at radius 3 is 2.56 bits per heavy atom. The molecule has 0 bridgehead atoms. The highest BCUT2D eigenvalue weighted by molar-refractivity contribution is 9.10. The van der Waals surface area contributed by atoms with Crippen LogP contribution in [0.4, 0.5) is 0 Å². The van der Waals surface area contributed by atoms with Gasteiger partial charge in [-0.3, -0.25) is 14.6 Å². The van der Waals surface area contributed by atoms with Gasteiger partial charge in [0.1, 0.15) is 19.0 Å². The van der Waals surface area contributed by atoms with Crippen LogP contribution in [0.25, 0.3) is 5.76 Å². The zero-order valence-corrected chi connectivity index (χ0v) is 20.7. The van der Waals surface area contributed by atoms with Crippen molar-refractivity contribution >= 4 is 33.4 Å². The third kappa shape index (κ3) is 4.13. The van der Waals surface area contributed by atoms with Gasteiger partial charge in [-0.25, -0.2) is 0 Å². The number of Topliss-reactive ketones (excluding diaryl/α,β-unsaturated/α-hetero) is 1. The van der Waals surface area contributed by atoms with Gasteiger partial charge in [0.15, 0.2) is 23.0 Å². The number of likely N-dealkylation sites (tertiary alicyclic amines) is 1. The number of methoxy groups -OCH3 is 1. The SMILES string of the molecule is COc1cc([C@H]2C(=C(O)c3ccc4c(c3)OCCO4)C(=O)C(=O)N2Cc2ccncc2)cc(Br)c1O. The van der Waals surface area contributed by atoms with E-state index in [2.05, 4.69) is 20.9 Å². The Hall–Kier alpha value is -4.05. The van der Waals surface area contributed by atoms with Gasteiger partial charge in [0, 0.05) is 24.5 Å². The Balaban J connectivity index is 1.68. The van der Waals surface area contributed by atoms with E-state index in [1.165, 1.54) is 18.1 Å². The van der Waals surface area contributed by atoms with Gasteiger partial charge in [-0.05, 0) is 69.5 Å². The number of halogens is 1. The normalized spacial score (nSPS) is 18.4. The molecule has 1 fully saturated rings. The van der Waals surface area contributed by atoms with Crippen LogP contribution < -0.4 is 14.2 Å². The van der Waals surface area contributed by atoms with E-state index >= 15 is 0 Å². The van der Waals surface area contributed by atoms with E-state index in [0.29, 0.717) is 40.3 Å². The number of phenolic OH excluding ortho intramolecular Hbond substituents is 1. The molecule has 0 aliphatic carbocycles.